The molecular weight excluding hydrogens is 366 g/mol. The molecular formula is C16H16BrNO5. The van der Waals surface area contributed by atoms with Gasteiger partial charge in [0, 0.05) is 16.1 Å². The SMILES string of the molecule is COc1cc(OC[N+](=O)[O-])ccc1C(C)Oc1ccc(Br)cc1. The molecule has 0 spiro atoms. The molecule has 0 aliphatic heterocycles. The molecule has 0 N–H and O–H groups in total. The Morgan fingerprint density at radius 2 is 1.83 bits per heavy atom. The largest absolute Gasteiger partial charge is 0.496 e. The van der Waals surface area contributed by atoms with Crippen molar-refractivity contribution in [3.63, 3.8) is 0 Å². The number of nitrogens with zero attached hydrogens (tertiary/aromatic N) is 1. The number of halogens is 1. The van der Waals surface area contributed by atoms with E-state index in [9.17, 15) is 10.1 Å². The van der Waals surface area contributed by atoms with Gasteiger partial charge in [-0.1, -0.05) is 15.9 Å². The van der Waals surface area contributed by atoms with Gasteiger partial charge in [-0.05, 0) is 43.3 Å². The van der Waals surface area contributed by atoms with E-state index in [4.69, 9.17) is 14.2 Å². The molecule has 0 bridgehead atoms. The van der Waals surface area contributed by atoms with E-state index in [1.807, 2.05) is 31.2 Å². The molecule has 0 aliphatic carbocycles. The summed E-state index contributed by atoms with van der Waals surface area (Å²) in [5, 5.41) is 10.4. The van der Waals surface area contributed by atoms with Gasteiger partial charge in [0.25, 0.3) is 0 Å². The number of hydrogen-bond acceptors (Lipinski definition) is 5. The maximum Gasteiger partial charge on any atom is 0.344 e. The van der Waals surface area contributed by atoms with Crippen molar-refractivity contribution in [3.05, 3.63) is 62.6 Å². The van der Waals surface area contributed by atoms with Gasteiger partial charge in [-0.3, -0.25) is 10.1 Å². The molecule has 1 unspecified atom stereocenters. The zero-order chi connectivity index (χ0) is 16.8. The van der Waals surface area contributed by atoms with Crippen LogP contribution in [0.5, 0.6) is 17.2 Å². The Morgan fingerprint density at radius 3 is 2.43 bits per heavy atom. The third kappa shape index (κ3) is 4.85. The Labute approximate surface area is 142 Å². The molecule has 0 saturated carbocycles. The van der Waals surface area contributed by atoms with E-state index < -0.39 is 11.7 Å². The molecule has 2 aromatic rings. The summed E-state index contributed by atoms with van der Waals surface area (Å²) in [5.41, 5.74) is 0.823. The highest BCUT2D eigenvalue weighted by atomic mass is 79.9. The third-order valence-corrected chi connectivity index (χ3v) is 3.63. The van der Waals surface area contributed by atoms with Crippen molar-refractivity contribution < 1.29 is 19.1 Å². The minimum Gasteiger partial charge on any atom is -0.496 e. The van der Waals surface area contributed by atoms with Gasteiger partial charge in [0.1, 0.15) is 23.4 Å². The van der Waals surface area contributed by atoms with Crippen molar-refractivity contribution in [3.8, 4) is 17.2 Å². The monoisotopic (exact) mass is 381 g/mol. The summed E-state index contributed by atoms with van der Waals surface area (Å²) in [4.78, 5) is 9.81. The Hall–Kier alpha value is -2.28. The predicted octanol–water partition coefficient (Wildman–Crippen LogP) is 4.21. The first-order chi connectivity index (χ1) is 11.0. The van der Waals surface area contributed by atoms with E-state index in [2.05, 4.69) is 15.9 Å². The lowest BCUT2D eigenvalue weighted by Crippen LogP contribution is -2.09. The summed E-state index contributed by atoms with van der Waals surface area (Å²) in [6, 6.07) is 12.6. The van der Waals surface area contributed by atoms with Crippen LogP contribution in [0, 0.1) is 10.1 Å². The number of benzene rings is 2. The molecule has 122 valence electrons. The van der Waals surface area contributed by atoms with E-state index >= 15 is 0 Å². The van der Waals surface area contributed by atoms with Crippen LogP contribution in [-0.2, 0) is 0 Å². The van der Waals surface area contributed by atoms with E-state index in [-0.39, 0.29) is 6.10 Å². The summed E-state index contributed by atoms with van der Waals surface area (Å²) < 4.78 is 17.2. The maximum atomic E-state index is 10.4. The third-order valence-electron chi connectivity index (χ3n) is 3.11. The number of methoxy groups -OCH3 is 1. The molecule has 0 aliphatic rings. The van der Waals surface area contributed by atoms with Crippen LogP contribution in [-0.4, -0.2) is 18.8 Å². The fraction of sp³-hybridized carbons (Fsp3) is 0.250. The summed E-state index contributed by atoms with van der Waals surface area (Å²) in [5.74, 6) is 1.66. The number of rotatable bonds is 7. The topological polar surface area (TPSA) is 70.8 Å². The Morgan fingerprint density at radius 1 is 1.17 bits per heavy atom. The van der Waals surface area contributed by atoms with Crippen molar-refractivity contribution in [1.82, 2.24) is 0 Å². The fourth-order valence-corrected chi connectivity index (χ4v) is 2.29. The van der Waals surface area contributed by atoms with Crippen LogP contribution in [0.25, 0.3) is 0 Å². The fourth-order valence-electron chi connectivity index (χ4n) is 2.03. The first kappa shape index (κ1) is 17.1. The van der Waals surface area contributed by atoms with E-state index in [0.717, 1.165) is 15.8 Å². The van der Waals surface area contributed by atoms with Crippen LogP contribution in [0.1, 0.15) is 18.6 Å². The molecule has 1 atom stereocenters. The lowest BCUT2D eigenvalue weighted by atomic mass is 10.1. The number of hydrogen-bond donors (Lipinski definition) is 0. The molecule has 0 fully saturated rings. The first-order valence-corrected chi connectivity index (χ1v) is 7.63. The smallest absolute Gasteiger partial charge is 0.344 e. The molecule has 7 heteroatoms. The molecule has 0 aromatic heterocycles. The maximum absolute atomic E-state index is 10.4. The summed E-state index contributed by atoms with van der Waals surface area (Å²) >= 11 is 3.37. The molecule has 0 heterocycles. The van der Waals surface area contributed by atoms with Gasteiger partial charge in [0.2, 0.25) is 0 Å². The Kier molecular flexibility index (Phi) is 5.81. The van der Waals surface area contributed by atoms with E-state index in [1.54, 1.807) is 18.2 Å². The molecule has 6 nitrogen and oxygen atoms in total. The highest BCUT2D eigenvalue weighted by Crippen LogP contribution is 2.32. The molecule has 2 rings (SSSR count). The zero-order valence-electron chi connectivity index (χ0n) is 12.7. The van der Waals surface area contributed by atoms with Crippen molar-refractivity contribution in [2.45, 2.75) is 13.0 Å². The first-order valence-electron chi connectivity index (χ1n) is 6.84. The van der Waals surface area contributed by atoms with Gasteiger partial charge in [-0.2, -0.15) is 0 Å². The van der Waals surface area contributed by atoms with Crippen molar-refractivity contribution >= 4 is 15.9 Å². The second kappa shape index (κ2) is 7.82. The molecule has 2 aromatic carbocycles. The Bertz CT molecular complexity index is 675. The van der Waals surface area contributed by atoms with Gasteiger partial charge >= 0.3 is 6.73 Å². The molecule has 0 amide bonds. The predicted molar refractivity (Wildman–Crippen MR) is 88.7 cm³/mol. The van der Waals surface area contributed by atoms with Gasteiger partial charge < -0.3 is 14.2 Å². The van der Waals surface area contributed by atoms with Crippen LogP contribution in [0.2, 0.25) is 0 Å². The zero-order valence-corrected chi connectivity index (χ0v) is 14.3. The second-order valence-corrected chi connectivity index (χ2v) is 5.64. The van der Waals surface area contributed by atoms with Crippen LogP contribution in [0.15, 0.2) is 46.9 Å². The average Bonchev–Trinajstić information content (AvgIpc) is 2.54. The van der Waals surface area contributed by atoms with Crippen molar-refractivity contribution in [2.75, 3.05) is 13.8 Å². The standard InChI is InChI=1S/C16H16BrNO5/c1-11(23-13-5-3-12(17)4-6-13)15-8-7-14(9-16(15)21-2)22-10-18(19)20/h3-9,11H,10H2,1-2H3. The van der Waals surface area contributed by atoms with Crippen molar-refractivity contribution in [2.24, 2.45) is 0 Å². The van der Waals surface area contributed by atoms with Crippen LogP contribution < -0.4 is 14.2 Å². The van der Waals surface area contributed by atoms with Gasteiger partial charge in [0.05, 0.1) is 12.0 Å². The highest BCUT2D eigenvalue weighted by Gasteiger charge is 2.15. The Balaban J connectivity index is 2.13. The number of ether oxygens (including phenoxy) is 3. The lowest BCUT2D eigenvalue weighted by molar-refractivity contribution is -0.514. The lowest BCUT2D eigenvalue weighted by Gasteiger charge is -2.18. The quantitative estimate of drug-likeness (QED) is 0.408. The van der Waals surface area contributed by atoms with Crippen LogP contribution in [0.4, 0.5) is 0 Å². The van der Waals surface area contributed by atoms with Gasteiger partial charge in [-0.15, -0.1) is 0 Å². The number of nitro groups is 1. The minimum absolute atomic E-state index is 0.254. The molecule has 0 radical (unpaired) electrons. The summed E-state index contributed by atoms with van der Waals surface area (Å²) in [6.07, 6.45) is -0.254. The van der Waals surface area contributed by atoms with Crippen LogP contribution >= 0.6 is 15.9 Å². The molecule has 0 saturated heterocycles. The second-order valence-electron chi connectivity index (χ2n) is 4.72. The summed E-state index contributed by atoms with van der Waals surface area (Å²) in [6.45, 7) is 1.31. The minimum atomic E-state index is -0.590. The van der Waals surface area contributed by atoms with Crippen LogP contribution in [0.3, 0.4) is 0 Å². The van der Waals surface area contributed by atoms with E-state index in [0.29, 0.717) is 11.5 Å². The van der Waals surface area contributed by atoms with Gasteiger partial charge in [0.15, 0.2) is 0 Å². The summed E-state index contributed by atoms with van der Waals surface area (Å²) in [7, 11) is 1.53. The van der Waals surface area contributed by atoms with E-state index in [1.165, 1.54) is 7.11 Å². The van der Waals surface area contributed by atoms with Crippen molar-refractivity contribution in [1.29, 1.82) is 0 Å². The van der Waals surface area contributed by atoms with Gasteiger partial charge in [-0.25, -0.2) is 0 Å². The highest BCUT2D eigenvalue weighted by molar-refractivity contribution is 9.10. The average molecular weight is 382 g/mol. The molecule has 23 heavy (non-hydrogen) atoms. The normalized spacial score (nSPS) is 11.6.